The van der Waals surface area contributed by atoms with Gasteiger partial charge >= 0.3 is 5.97 Å². The first-order valence-corrected chi connectivity index (χ1v) is 8.79. The Balaban J connectivity index is 1.87. The number of methoxy groups -OCH3 is 1. The van der Waals surface area contributed by atoms with Crippen molar-refractivity contribution >= 4 is 18.1 Å². The molecule has 0 aliphatic rings. The van der Waals surface area contributed by atoms with Crippen molar-refractivity contribution < 1.29 is 14.6 Å². The largest absolute Gasteiger partial charge is 0.496 e. The minimum atomic E-state index is -0.940. The molecule has 150 valence electrons. The molecule has 0 bridgehead atoms. The smallest absolute Gasteiger partial charge is 0.307 e. The highest BCUT2D eigenvalue weighted by Crippen LogP contribution is 2.20. The van der Waals surface area contributed by atoms with Gasteiger partial charge in [0, 0.05) is 11.1 Å². The first-order valence-electron chi connectivity index (χ1n) is 8.79. The Kier molecular flexibility index (Phi) is 6.20. The molecule has 2 aromatic carbocycles. The highest BCUT2D eigenvalue weighted by Gasteiger charge is 2.13. The average molecular weight is 403 g/mol. The Hall–Kier alpha value is -4.45. The molecule has 0 fully saturated rings. The van der Waals surface area contributed by atoms with E-state index in [2.05, 4.69) is 20.5 Å². The summed E-state index contributed by atoms with van der Waals surface area (Å²) in [5, 5.41) is 22.3. The van der Waals surface area contributed by atoms with Crippen LogP contribution in [0.2, 0.25) is 0 Å². The summed E-state index contributed by atoms with van der Waals surface area (Å²) in [7, 11) is 1.47. The number of aromatic nitrogens is 2. The number of carboxylic acids is 1. The van der Waals surface area contributed by atoms with E-state index in [9.17, 15) is 14.9 Å². The van der Waals surface area contributed by atoms with Gasteiger partial charge in [-0.1, -0.05) is 36.4 Å². The molecule has 0 aliphatic carbocycles. The van der Waals surface area contributed by atoms with Crippen LogP contribution < -0.4 is 15.7 Å². The Morgan fingerprint density at radius 2 is 2.10 bits per heavy atom. The lowest BCUT2D eigenvalue weighted by atomic mass is 10.1. The van der Waals surface area contributed by atoms with E-state index in [1.165, 1.54) is 13.3 Å². The van der Waals surface area contributed by atoms with E-state index in [0.29, 0.717) is 22.4 Å². The van der Waals surface area contributed by atoms with Gasteiger partial charge in [-0.15, -0.1) is 0 Å². The third-order valence-electron chi connectivity index (χ3n) is 4.11. The van der Waals surface area contributed by atoms with E-state index in [1.54, 1.807) is 42.5 Å². The first kappa shape index (κ1) is 20.3. The summed E-state index contributed by atoms with van der Waals surface area (Å²) < 4.78 is 5.28. The van der Waals surface area contributed by atoms with Crippen LogP contribution >= 0.6 is 0 Å². The molecular formula is C21H17N5O4. The molecule has 1 aromatic heterocycles. The fourth-order valence-corrected chi connectivity index (χ4v) is 2.74. The van der Waals surface area contributed by atoms with Crippen molar-refractivity contribution in [1.82, 2.24) is 9.97 Å². The molecule has 3 N–H and O–H groups in total. The van der Waals surface area contributed by atoms with Crippen molar-refractivity contribution in [3.05, 3.63) is 75.6 Å². The molecule has 0 unspecified atom stereocenters. The number of nitrogens with zero attached hydrogens (tertiary/aromatic N) is 3. The SMILES string of the molecule is COc1cc(CC(=O)O)ccc1C=NNc1nc(-c2ccccc2)c(C#N)c(=O)[nH]1. The third-order valence-corrected chi connectivity index (χ3v) is 4.11. The summed E-state index contributed by atoms with van der Waals surface area (Å²) in [6.45, 7) is 0. The molecule has 9 nitrogen and oxygen atoms in total. The second kappa shape index (κ2) is 9.16. The molecule has 0 spiro atoms. The molecule has 0 radical (unpaired) electrons. The van der Waals surface area contributed by atoms with Crippen LogP contribution in [0.25, 0.3) is 11.3 Å². The van der Waals surface area contributed by atoms with Crippen LogP contribution in [-0.2, 0) is 11.2 Å². The lowest BCUT2D eigenvalue weighted by Gasteiger charge is -2.07. The molecule has 3 rings (SSSR count). The van der Waals surface area contributed by atoms with Crippen molar-refractivity contribution in [2.45, 2.75) is 6.42 Å². The number of rotatable bonds is 7. The predicted molar refractivity (Wildman–Crippen MR) is 111 cm³/mol. The van der Waals surface area contributed by atoms with Crippen molar-refractivity contribution in [2.24, 2.45) is 5.10 Å². The number of aliphatic carboxylic acids is 1. The van der Waals surface area contributed by atoms with Crippen molar-refractivity contribution in [3.8, 4) is 23.1 Å². The first-order chi connectivity index (χ1) is 14.5. The normalized spacial score (nSPS) is 10.5. The zero-order valence-electron chi connectivity index (χ0n) is 15.9. The molecule has 30 heavy (non-hydrogen) atoms. The number of anilines is 1. The lowest BCUT2D eigenvalue weighted by molar-refractivity contribution is -0.136. The number of nitrogens with one attached hydrogen (secondary N) is 2. The minimum Gasteiger partial charge on any atom is -0.496 e. The van der Waals surface area contributed by atoms with Crippen LogP contribution in [0.3, 0.4) is 0 Å². The van der Waals surface area contributed by atoms with E-state index in [-0.39, 0.29) is 23.6 Å². The van der Waals surface area contributed by atoms with Gasteiger partial charge in [-0.05, 0) is 17.7 Å². The van der Waals surface area contributed by atoms with Crippen LogP contribution in [0.1, 0.15) is 16.7 Å². The molecule has 0 atom stereocenters. The number of carboxylic acid groups (broad SMARTS) is 1. The van der Waals surface area contributed by atoms with Crippen LogP contribution in [-0.4, -0.2) is 34.4 Å². The molecule has 9 heteroatoms. The number of hydrogen-bond donors (Lipinski definition) is 3. The van der Waals surface area contributed by atoms with E-state index >= 15 is 0 Å². The summed E-state index contributed by atoms with van der Waals surface area (Å²) in [4.78, 5) is 29.9. The summed E-state index contributed by atoms with van der Waals surface area (Å²) in [6, 6.07) is 15.7. The van der Waals surface area contributed by atoms with Crippen LogP contribution in [0.4, 0.5) is 5.95 Å². The number of hydrazone groups is 1. The van der Waals surface area contributed by atoms with Crippen molar-refractivity contribution in [3.63, 3.8) is 0 Å². The van der Waals surface area contributed by atoms with E-state index in [4.69, 9.17) is 9.84 Å². The van der Waals surface area contributed by atoms with E-state index in [1.807, 2.05) is 12.1 Å². The third kappa shape index (κ3) is 4.69. The van der Waals surface area contributed by atoms with Crippen LogP contribution in [0.5, 0.6) is 5.75 Å². The highest BCUT2D eigenvalue weighted by atomic mass is 16.5. The number of carbonyl (C=O) groups is 1. The summed E-state index contributed by atoms with van der Waals surface area (Å²) in [6.07, 6.45) is 1.33. The Morgan fingerprint density at radius 3 is 2.77 bits per heavy atom. The van der Waals surface area contributed by atoms with Gasteiger partial charge in [0.25, 0.3) is 5.56 Å². The van der Waals surface area contributed by atoms with Crippen molar-refractivity contribution in [1.29, 1.82) is 5.26 Å². The molecule has 0 saturated carbocycles. The highest BCUT2D eigenvalue weighted by molar-refractivity contribution is 5.84. The quantitative estimate of drug-likeness (QED) is 0.406. The maximum Gasteiger partial charge on any atom is 0.307 e. The molecule has 0 amide bonds. The van der Waals surface area contributed by atoms with Gasteiger partial charge in [0.2, 0.25) is 5.95 Å². The molecule has 0 saturated heterocycles. The van der Waals surface area contributed by atoms with Gasteiger partial charge in [0.15, 0.2) is 0 Å². The zero-order valence-corrected chi connectivity index (χ0v) is 15.9. The van der Waals surface area contributed by atoms with Gasteiger partial charge in [-0.25, -0.2) is 10.4 Å². The lowest BCUT2D eigenvalue weighted by Crippen LogP contribution is -2.16. The number of nitriles is 1. The van der Waals surface area contributed by atoms with Crippen molar-refractivity contribution in [2.75, 3.05) is 12.5 Å². The predicted octanol–water partition coefficient (Wildman–Crippen LogP) is 2.39. The second-order valence-corrected chi connectivity index (χ2v) is 6.13. The maximum atomic E-state index is 12.2. The fraction of sp³-hybridized carbons (Fsp3) is 0.0952. The Labute approximate surface area is 171 Å². The number of benzene rings is 2. The van der Waals surface area contributed by atoms with E-state index in [0.717, 1.165) is 0 Å². The molecule has 1 heterocycles. The number of hydrogen-bond acceptors (Lipinski definition) is 7. The standard InChI is InChI=1S/C21H17N5O4/c1-30-17-9-13(10-18(27)28)7-8-15(17)12-23-26-21-24-19(14-5-3-2-4-6-14)16(11-22)20(29)25-21/h2-9,12H,10H2,1H3,(H,27,28)(H2,24,25,26,29). The summed E-state index contributed by atoms with van der Waals surface area (Å²) in [5.41, 5.74) is 4.02. The molecule has 3 aromatic rings. The molecule has 0 aliphatic heterocycles. The second-order valence-electron chi connectivity index (χ2n) is 6.13. The fourth-order valence-electron chi connectivity index (χ4n) is 2.74. The number of H-pyrrole nitrogens is 1. The zero-order chi connectivity index (χ0) is 21.5. The number of ether oxygens (including phenoxy) is 1. The summed E-state index contributed by atoms with van der Waals surface area (Å²) >= 11 is 0. The minimum absolute atomic E-state index is 0.0653. The van der Waals surface area contributed by atoms with Gasteiger partial charge in [0.1, 0.15) is 17.4 Å². The van der Waals surface area contributed by atoms with Gasteiger partial charge in [0.05, 0.1) is 25.4 Å². The summed E-state index contributed by atoms with van der Waals surface area (Å²) in [5.74, 6) is -0.425. The maximum absolute atomic E-state index is 12.2. The number of aromatic amines is 1. The topological polar surface area (TPSA) is 140 Å². The van der Waals surface area contributed by atoms with Crippen LogP contribution in [0, 0.1) is 11.3 Å². The Morgan fingerprint density at radius 1 is 1.33 bits per heavy atom. The molecular weight excluding hydrogens is 386 g/mol. The Bertz CT molecular complexity index is 1200. The van der Waals surface area contributed by atoms with Gasteiger partial charge in [-0.2, -0.15) is 10.4 Å². The average Bonchev–Trinajstić information content (AvgIpc) is 2.74. The van der Waals surface area contributed by atoms with Gasteiger partial charge < -0.3 is 9.84 Å². The van der Waals surface area contributed by atoms with Gasteiger partial charge in [-0.3, -0.25) is 14.6 Å². The van der Waals surface area contributed by atoms with Crippen LogP contribution in [0.15, 0.2) is 58.4 Å². The van der Waals surface area contributed by atoms with E-state index < -0.39 is 11.5 Å². The monoisotopic (exact) mass is 403 g/mol.